The van der Waals surface area contributed by atoms with Crippen LogP contribution >= 0.6 is 0 Å². The Hall–Kier alpha value is -1.95. The van der Waals surface area contributed by atoms with Crippen LogP contribution in [-0.2, 0) is 0 Å². The summed E-state index contributed by atoms with van der Waals surface area (Å²) in [5.74, 6) is -0.105. The van der Waals surface area contributed by atoms with Gasteiger partial charge in [0.05, 0.1) is 0 Å². The number of aryl methyl sites for hydroxylation is 2. The first-order valence-electron chi connectivity index (χ1n) is 9.79. The number of hydrogen-bond acceptors (Lipinski definition) is 4. The molecule has 1 amide bonds. The van der Waals surface area contributed by atoms with Gasteiger partial charge in [-0.05, 0) is 39.2 Å². The molecule has 0 atom stereocenters. The van der Waals surface area contributed by atoms with Crippen LogP contribution in [-0.4, -0.2) is 38.0 Å². The standard InChI is InChI=1S/C14H18N4O.C6H14O/c1-9-7-10(2)18-8-15-12(13(18)16-9)14(19)17-11-5-3-4-6-11;1-2-3-4-5-6-7/h7-8,11H,3-6H2,1-2H3,(H,17,19);7H,2-6H2,1H3. The van der Waals surface area contributed by atoms with Crippen LogP contribution in [0.15, 0.2) is 12.4 Å². The number of aromatic nitrogens is 3. The van der Waals surface area contributed by atoms with E-state index < -0.39 is 0 Å². The summed E-state index contributed by atoms with van der Waals surface area (Å²) in [4.78, 5) is 20.9. The highest BCUT2D eigenvalue weighted by atomic mass is 16.2. The van der Waals surface area contributed by atoms with E-state index in [1.54, 1.807) is 6.33 Å². The minimum Gasteiger partial charge on any atom is -0.396 e. The number of rotatable bonds is 6. The average molecular weight is 361 g/mol. The first kappa shape index (κ1) is 20.4. The molecule has 0 bridgehead atoms. The molecule has 144 valence electrons. The van der Waals surface area contributed by atoms with E-state index in [0.29, 0.717) is 24.0 Å². The van der Waals surface area contributed by atoms with Gasteiger partial charge in [-0.15, -0.1) is 0 Å². The lowest BCUT2D eigenvalue weighted by Crippen LogP contribution is -2.33. The molecule has 1 fully saturated rings. The van der Waals surface area contributed by atoms with Crippen LogP contribution in [0.2, 0.25) is 0 Å². The van der Waals surface area contributed by atoms with Crippen LogP contribution in [0.4, 0.5) is 0 Å². The summed E-state index contributed by atoms with van der Waals surface area (Å²) in [6.45, 7) is 6.44. The fourth-order valence-corrected chi connectivity index (χ4v) is 3.30. The lowest BCUT2D eigenvalue weighted by molar-refractivity contribution is 0.0935. The molecule has 1 saturated carbocycles. The Morgan fingerprint density at radius 3 is 2.65 bits per heavy atom. The molecule has 2 heterocycles. The van der Waals surface area contributed by atoms with Crippen LogP contribution in [0.5, 0.6) is 0 Å². The van der Waals surface area contributed by atoms with E-state index in [2.05, 4.69) is 22.2 Å². The normalized spacial score (nSPS) is 14.3. The molecule has 6 nitrogen and oxygen atoms in total. The fraction of sp³-hybridized carbons (Fsp3) is 0.650. The molecule has 0 aliphatic heterocycles. The Morgan fingerprint density at radius 1 is 1.27 bits per heavy atom. The maximum Gasteiger partial charge on any atom is 0.274 e. The smallest absolute Gasteiger partial charge is 0.274 e. The van der Waals surface area contributed by atoms with Crippen molar-refractivity contribution in [2.75, 3.05) is 6.61 Å². The van der Waals surface area contributed by atoms with E-state index in [4.69, 9.17) is 5.11 Å². The fourth-order valence-electron chi connectivity index (χ4n) is 3.30. The van der Waals surface area contributed by atoms with E-state index >= 15 is 0 Å². The molecule has 1 aliphatic rings. The molecule has 2 N–H and O–H groups in total. The lowest BCUT2D eigenvalue weighted by atomic mass is 10.2. The van der Waals surface area contributed by atoms with Gasteiger partial charge in [0.2, 0.25) is 0 Å². The zero-order valence-corrected chi connectivity index (χ0v) is 16.3. The van der Waals surface area contributed by atoms with Crippen molar-refractivity contribution in [1.29, 1.82) is 0 Å². The Morgan fingerprint density at radius 2 is 2.00 bits per heavy atom. The SMILES string of the molecule is CCCCCCO.Cc1cc(C)n2cnc(C(=O)NC3CCCC3)c2n1. The molecule has 3 rings (SSSR count). The third-order valence-corrected chi connectivity index (χ3v) is 4.74. The van der Waals surface area contributed by atoms with E-state index in [0.717, 1.165) is 30.7 Å². The Labute approximate surface area is 156 Å². The Balaban J connectivity index is 0.000000298. The van der Waals surface area contributed by atoms with Gasteiger partial charge in [-0.1, -0.05) is 39.0 Å². The number of nitrogens with one attached hydrogen (secondary N) is 1. The highest BCUT2D eigenvalue weighted by Crippen LogP contribution is 2.19. The van der Waals surface area contributed by atoms with Crippen LogP contribution in [0.3, 0.4) is 0 Å². The Bertz CT molecular complexity index is 701. The number of aliphatic hydroxyl groups is 1. The van der Waals surface area contributed by atoms with Gasteiger partial charge in [-0.3, -0.25) is 9.20 Å². The summed E-state index contributed by atoms with van der Waals surface area (Å²) in [6, 6.07) is 2.28. The lowest BCUT2D eigenvalue weighted by Gasteiger charge is -2.10. The second-order valence-electron chi connectivity index (χ2n) is 7.06. The average Bonchev–Trinajstić information content (AvgIpc) is 3.25. The predicted octanol–water partition coefficient (Wildman–Crippen LogP) is 3.58. The number of hydrogen-bond donors (Lipinski definition) is 2. The largest absolute Gasteiger partial charge is 0.396 e. The Kier molecular flexibility index (Phi) is 8.04. The second kappa shape index (κ2) is 10.3. The summed E-state index contributed by atoms with van der Waals surface area (Å²) in [7, 11) is 0. The maximum atomic E-state index is 12.3. The number of aliphatic hydroxyl groups excluding tert-OH is 1. The third-order valence-electron chi connectivity index (χ3n) is 4.74. The number of fused-ring (bicyclic) bond motifs is 1. The van der Waals surface area contributed by atoms with Gasteiger partial charge < -0.3 is 10.4 Å². The van der Waals surface area contributed by atoms with Gasteiger partial charge in [-0.2, -0.15) is 0 Å². The number of nitrogens with zero attached hydrogens (tertiary/aromatic N) is 3. The van der Waals surface area contributed by atoms with Crippen LogP contribution in [0.1, 0.15) is 80.2 Å². The minimum absolute atomic E-state index is 0.105. The zero-order valence-electron chi connectivity index (χ0n) is 16.3. The molecule has 0 radical (unpaired) electrons. The van der Waals surface area contributed by atoms with Gasteiger partial charge in [-0.25, -0.2) is 9.97 Å². The van der Waals surface area contributed by atoms with Gasteiger partial charge in [0.25, 0.3) is 5.91 Å². The minimum atomic E-state index is -0.105. The molecule has 0 spiro atoms. The van der Waals surface area contributed by atoms with Crippen molar-refractivity contribution in [2.45, 2.75) is 78.2 Å². The molecule has 0 aromatic carbocycles. The van der Waals surface area contributed by atoms with E-state index in [1.807, 2.05) is 24.3 Å². The van der Waals surface area contributed by atoms with E-state index in [-0.39, 0.29) is 5.91 Å². The summed E-state index contributed by atoms with van der Waals surface area (Å²) in [5, 5.41) is 11.4. The van der Waals surface area contributed by atoms with Crippen molar-refractivity contribution in [1.82, 2.24) is 19.7 Å². The molecule has 2 aromatic rings. The van der Waals surface area contributed by atoms with Crippen molar-refractivity contribution >= 4 is 11.6 Å². The number of carbonyl (C=O) groups is 1. The van der Waals surface area contributed by atoms with Crippen molar-refractivity contribution < 1.29 is 9.90 Å². The zero-order chi connectivity index (χ0) is 18.9. The molecule has 0 saturated heterocycles. The summed E-state index contributed by atoms with van der Waals surface area (Å²) in [5.41, 5.74) is 3.02. The van der Waals surface area contributed by atoms with E-state index in [9.17, 15) is 4.79 Å². The number of amides is 1. The molecule has 26 heavy (non-hydrogen) atoms. The quantitative estimate of drug-likeness (QED) is 0.772. The molecule has 1 aliphatic carbocycles. The number of unbranched alkanes of at least 4 members (excludes halogenated alkanes) is 3. The first-order chi connectivity index (χ1) is 12.6. The first-order valence-corrected chi connectivity index (χ1v) is 9.79. The molecule has 6 heteroatoms. The van der Waals surface area contributed by atoms with Crippen molar-refractivity contribution in [3.63, 3.8) is 0 Å². The molecular weight excluding hydrogens is 328 g/mol. The van der Waals surface area contributed by atoms with Crippen molar-refractivity contribution in [3.8, 4) is 0 Å². The highest BCUT2D eigenvalue weighted by Gasteiger charge is 2.21. The summed E-state index contributed by atoms with van der Waals surface area (Å²) in [6.07, 6.45) is 10.9. The van der Waals surface area contributed by atoms with E-state index in [1.165, 1.54) is 32.1 Å². The predicted molar refractivity (Wildman–Crippen MR) is 103 cm³/mol. The van der Waals surface area contributed by atoms with Crippen LogP contribution in [0.25, 0.3) is 5.65 Å². The number of imidazole rings is 1. The monoisotopic (exact) mass is 360 g/mol. The second-order valence-corrected chi connectivity index (χ2v) is 7.06. The van der Waals surface area contributed by atoms with Gasteiger partial charge in [0.15, 0.2) is 11.3 Å². The molecule has 0 unspecified atom stereocenters. The van der Waals surface area contributed by atoms with Crippen molar-refractivity contribution in [2.24, 2.45) is 0 Å². The molecular formula is C20H32N4O2. The third kappa shape index (κ3) is 5.53. The van der Waals surface area contributed by atoms with Gasteiger partial charge in [0, 0.05) is 24.0 Å². The topological polar surface area (TPSA) is 79.5 Å². The van der Waals surface area contributed by atoms with Gasteiger partial charge in [0.1, 0.15) is 6.33 Å². The summed E-state index contributed by atoms with van der Waals surface area (Å²) >= 11 is 0. The number of carbonyl (C=O) groups excluding carboxylic acids is 1. The van der Waals surface area contributed by atoms with Crippen LogP contribution in [0, 0.1) is 13.8 Å². The van der Waals surface area contributed by atoms with Crippen molar-refractivity contribution in [3.05, 3.63) is 29.5 Å². The van der Waals surface area contributed by atoms with Gasteiger partial charge >= 0.3 is 0 Å². The molecule has 2 aromatic heterocycles. The maximum absolute atomic E-state index is 12.3. The van der Waals surface area contributed by atoms with Crippen LogP contribution < -0.4 is 5.32 Å². The summed E-state index contributed by atoms with van der Waals surface area (Å²) < 4.78 is 1.86. The highest BCUT2D eigenvalue weighted by molar-refractivity contribution is 5.98.